The first-order valence-corrected chi connectivity index (χ1v) is 10.9. The van der Waals surface area contributed by atoms with Gasteiger partial charge >= 0.3 is 0 Å². The number of anilines is 1. The number of hydrogen-bond acceptors (Lipinski definition) is 3. The van der Waals surface area contributed by atoms with Crippen molar-refractivity contribution >= 4 is 17.5 Å². The van der Waals surface area contributed by atoms with E-state index in [9.17, 15) is 9.59 Å². The average molecular weight is 423 g/mol. The molecule has 1 aliphatic rings. The van der Waals surface area contributed by atoms with E-state index in [1.165, 1.54) is 0 Å². The third-order valence-electron chi connectivity index (χ3n) is 5.40. The zero-order valence-corrected chi connectivity index (χ0v) is 18.2. The van der Waals surface area contributed by atoms with Crippen LogP contribution in [0.5, 0.6) is 5.75 Å². The smallest absolute Gasteiger partial charge is 0.279 e. The summed E-state index contributed by atoms with van der Waals surface area (Å²) < 4.78 is 5.50. The lowest BCUT2D eigenvalue weighted by Gasteiger charge is -2.17. The number of amides is 2. The highest BCUT2D eigenvalue weighted by Gasteiger charge is 2.20. The van der Waals surface area contributed by atoms with Gasteiger partial charge in [-0.2, -0.15) is 0 Å². The predicted octanol–water partition coefficient (Wildman–Crippen LogP) is 2.58. The predicted molar refractivity (Wildman–Crippen MR) is 122 cm³/mol. The number of ether oxygens (including phenoxy) is 1. The summed E-state index contributed by atoms with van der Waals surface area (Å²) in [5.74, 6) is 0.554. The average Bonchev–Trinajstić information content (AvgIpc) is 3.26. The number of nitrogens with one attached hydrogen (secondary N) is 3. The first-order chi connectivity index (χ1) is 15.0. The molecule has 164 valence electrons. The van der Waals surface area contributed by atoms with Gasteiger partial charge in [0, 0.05) is 11.6 Å². The second kappa shape index (κ2) is 11.3. The summed E-state index contributed by atoms with van der Waals surface area (Å²) in [7, 11) is 1.97. The van der Waals surface area contributed by atoms with Gasteiger partial charge in [-0.15, -0.1) is 0 Å². The van der Waals surface area contributed by atoms with E-state index in [0.29, 0.717) is 30.9 Å². The van der Waals surface area contributed by atoms with E-state index in [2.05, 4.69) is 17.2 Å². The van der Waals surface area contributed by atoms with Gasteiger partial charge in [-0.05, 0) is 49.2 Å². The van der Waals surface area contributed by atoms with Crippen LogP contribution in [0.4, 0.5) is 5.69 Å². The number of likely N-dealkylation sites (N-methyl/N-ethyl adjacent to an activating group) is 1. The van der Waals surface area contributed by atoms with Crippen LogP contribution in [0.3, 0.4) is 0 Å². The minimum Gasteiger partial charge on any atom is -0.490 e. The van der Waals surface area contributed by atoms with E-state index >= 15 is 0 Å². The molecule has 0 radical (unpaired) electrons. The Labute approximate surface area is 184 Å². The molecule has 0 spiro atoms. The van der Waals surface area contributed by atoms with Crippen molar-refractivity contribution < 1.29 is 19.2 Å². The molecule has 2 aromatic rings. The van der Waals surface area contributed by atoms with E-state index in [4.69, 9.17) is 4.74 Å². The zero-order chi connectivity index (χ0) is 22.1. The standard InChI is InChI=1S/C25H31N3O3/c1-3-16-31-21-14-12-19(13-15-21)17-28(2)18-24(29)27-23-11-7-6-10-22(23)25(30)26-20-8-4-5-9-20/h3,6-7,10-15,20H,1,4-5,8-9,16-18H2,2H3,(H,26,30)(H,27,29)/p+1. The molecule has 3 N–H and O–H groups in total. The summed E-state index contributed by atoms with van der Waals surface area (Å²) in [5.41, 5.74) is 2.18. The van der Waals surface area contributed by atoms with Crippen molar-refractivity contribution in [2.75, 3.05) is 25.5 Å². The van der Waals surface area contributed by atoms with Crippen LogP contribution in [0.15, 0.2) is 61.2 Å². The number of carbonyl (C=O) groups excluding carboxylic acids is 2. The van der Waals surface area contributed by atoms with Crippen LogP contribution in [0.25, 0.3) is 0 Å². The van der Waals surface area contributed by atoms with Gasteiger partial charge in [0.25, 0.3) is 11.8 Å². The van der Waals surface area contributed by atoms with Crippen molar-refractivity contribution in [1.29, 1.82) is 0 Å². The minimum absolute atomic E-state index is 0.121. The topological polar surface area (TPSA) is 71.9 Å². The first kappa shape index (κ1) is 22.6. The number of rotatable bonds is 10. The molecule has 0 heterocycles. The molecule has 3 rings (SSSR count). The van der Waals surface area contributed by atoms with Crippen LogP contribution in [-0.4, -0.2) is 38.1 Å². The van der Waals surface area contributed by atoms with Gasteiger partial charge in [0.1, 0.15) is 18.9 Å². The lowest BCUT2D eigenvalue weighted by atomic mass is 10.1. The summed E-state index contributed by atoms with van der Waals surface area (Å²) in [5, 5.41) is 6.00. The monoisotopic (exact) mass is 422 g/mol. The van der Waals surface area contributed by atoms with Gasteiger partial charge in [-0.1, -0.05) is 37.6 Å². The van der Waals surface area contributed by atoms with Crippen molar-refractivity contribution in [3.05, 3.63) is 72.3 Å². The third kappa shape index (κ3) is 6.96. The van der Waals surface area contributed by atoms with Gasteiger partial charge < -0.3 is 20.3 Å². The summed E-state index contributed by atoms with van der Waals surface area (Å²) in [4.78, 5) is 26.3. The number of hydrogen-bond donors (Lipinski definition) is 3. The fourth-order valence-corrected chi connectivity index (χ4v) is 3.86. The minimum atomic E-state index is -0.123. The van der Waals surface area contributed by atoms with Crippen LogP contribution in [0, 0.1) is 0 Å². The number of carbonyl (C=O) groups is 2. The van der Waals surface area contributed by atoms with Crippen LogP contribution in [-0.2, 0) is 11.3 Å². The normalized spacial score (nSPS) is 14.6. The maximum Gasteiger partial charge on any atom is 0.279 e. The molecule has 0 aliphatic heterocycles. The van der Waals surface area contributed by atoms with Crippen LogP contribution in [0.1, 0.15) is 41.6 Å². The summed E-state index contributed by atoms with van der Waals surface area (Å²) in [6, 6.07) is 15.3. The summed E-state index contributed by atoms with van der Waals surface area (Å²) in [6.07, 6.45) is 6.07. The number of quaternary nitrogens is 1. The zero-order valence-electron chi connectivity index (χ0n) is 18.2. The van der Waals surface area contributed by atoms with E-state index in [1.807, 2.05) is 43.4 Å². The summed E-state index contributed by atoms with van der Waals surface area (Å²) in [6.45, 7) is 5.12. The lowest BCUT2D eigenvalue weighted by Crippen LogP contribution is -3.08. The summed E-state index contributed by atoms with van der Waals surface area (Å²) >= 11 is 0. The molecular formula is C25H32N3O3+. The largest absolute Gasteiger partial charge is 0.490 e. The first-order valence-electron chi connectivity index (χ1n) is 10.9. The molecule has 1 atom stereocenters. The van der Waals surface area contributed by atoms with Gasteiger partial charge in [-0.25, -0.2) is 0 Å². The Kier molecular flexibility index (Phi) is 8.24. The second-order valence-electron chi connectivity index (χ2n) is 8.10. The Morgan fingerprint density at radius 3 is 2.55 bits per heavy atom. The van der Waals surface area contributed by atoms with Gasteiger partial charge in [0.2, 0.25) is 0 Å². The SMILES string of the molecule is C=CCOc1ccc(C[NH+](C)CC(=O)Nc2ccccc2C(=O)NC2CCCC2)cc1. The Bertz CT molecular complexity index is 889. The second-order valence-corrected chi connectivity index (χ2v) is 8.10. The Morgan fingerprint density at radius 1 is 1.13 bits per heavy atom. The van der Waals surface area contributed by atoms with E-state index < -0.39 is 0 Å². The fourth-order valence-electron chi connectivity index (χ4n) is 3.86. The van der Waals surface area contributed by atoms with Gasteiger partial charge in [-0.3, -0.25) is 9.59 Å². The van der Waals surface area contributed by atoms with Gasteiger partial charge in [0.05, 0.1) is 18.3 Å². The molecule has 1 unspecified atom stereocenters. The molecule has 1 fully saturated rings. The molecule has 1 saturated carbocycles. The molecule has 6 nitrogen and oxygen atoms in total. The maximum atomic E-state index is 12.7. The van der Waals surface area contributed by atoms with Crippen molar-refractivity contribution in [1.82, 2.24) is 5.32 Å². The van der Waals surface area contributed by atoms with E-state index in [0.717, 1.165) is 41.9 Å². The molecule has 0 bridgehead atoms. The molecule has 0 aromatic heterocycles. The number of para-hydroxylation sites is 1. The molecule has 6 heteroatoms. The highest BCUT2D eigenvalue weighted by Crippen LogP contribution is 2.20. The van der Waals surface area contributed by atoms with Crippen LogP contribution < -0.4 is 20.3 Å². The van der Waals surface area contributed by atoms with Crippen molar-refractivity contribution in [2.45, 2.75) is 38.3 Å². The molecular weight excluding hydrogens is 390 g/mol. The Morgan fingerprint density at radius 2 is 1.84 bits per heavy atom. The molecule has 0 saturated heterocycles. The Balaban J connectivity index is 1.53. The maximum absolute atomic E-state index is 12.7. The quantitative estimate of drug-likeness (QED) is 0.516. The van der Waals surface area contributed by atoms with Gasteiger partial charge in [0.15, 0.2) is 6.54 Å². The molecule has 2 amide bonds. The number of benzene rings is 2. The molecule has 31 heavy (non-hydrogen) atoms. The van der Waals surface area contributed by atoms with Crippen LogP contribution >= 0.6 is 0 Å². The van der Waals surface area contributed by atoms with E-state index in [1.54, 1.807) is 18.2 Å². The Hall–Kier alpha value is -3.12. The highest BCUT2D eigenvalue weighted by atomic mass is 16.5. The molecule has 2 aromatic carbocycles. The van der Waals surface area contributed by atoms with Crippen LogP contribution in [0.2, 0.25) is 0 Å². The van der Waals surface area contributed by atoms with Crippen molar-refractivity contribution in [2.24, 2.45) is 0 Å². The van der Waals surface area contributed by atoms with Crippen molar-refractivity contribution in [3.8, 4) is 5.75 Å². The third-order valence-corrected chi connectivity index (χ3v) is 5.40. The highest BCUT2D eigenvalue weighted by molar-refractivity contribution is 6.04. The molecule has 1 aliphatic carbocycles. The fraction of sp³-hybridized carbons (Fsp3) is 0.360. The van der Waals surface area contributed by atoms with E-state index in [-0.39, 0.29) is 17.9 Å². The lowest BCUT2D eigenvalue weighted by molar-refractivity contribution is -0.885. The van der Waals surface area contributed by atoms with Crippen molar-refractivity contribution in [3.63, 3.8) is 0 Å².